The standard InChI is InChI=1S/C17H20N2O2/c1-11-6-5-7-12(2)19(11)17(21)16(20)14-10-18-15-9-4-3-8-13(14)15/h3-4,8-12,18H,5-7H2,1-2H3/t11-,12-/m0/s1. The second-order valence-corrected chi connectivity index (χ2v) is 5.92. The number of ketones is 1. The van der Waals surface area contributed by atoms with Crippen molar-refractivity contribution in [3.8, 4) is 0 Å². The highest BCUT2D eigenvalue weighted by atomic mass is 16.2. The van der Waals surface area contributed by atoms with Crippen LogP contribution in [0, 0.1) is 0 Å². The van der Waals surface area contributed by atoms with Gasteiger partial charge in [0.1, 0.15) is 0 Å². The third-order valence-corrected chi connectivity index (χ3v) is 4.46. The Labute approximate surface area is 124 Å². The van der Waals surface area contributed by atoms with Crippen LogP contribution in [0.3, 0.4) is 0 Å². The SMILES string of the molecule is C[C@H]1CCC[C@H](C)N1C(=O)C(=O)c1c[nH]c2ccccc12. The second-order valence-electron chi connectivity index (χ2n) is 5.92. The number of fused-ring (bicyclic) bond motifs is 1. The summed E-state index contributed by atoms with van der Waals surface area (Å²) in [5.74, 6) is -0.785. The summed E-state index contributed by atoms with van der Waals surface area (Å²) in [6, 6.07) is 7.83. The predicted molar refractivity (Wildman–Crippen MR) is 82.3 cm³/mol. The lowest BCUT2D eigenvalue weighted by Gasteiger charge is -2.38. The number of hydrogen-bond donors (Lipinski definition) is 1. The van der Waals surface area contributed by atoms with Crippen LogP contribution in [0.2, 0.25) is 0 Å². The first kappa shape index (κ1) is 13.9. The molecule has 0 unspecified atom stereocenters. The van der Waals surface area contributed by atoms with E-state index in [2.05, 4.69) is 4.98 Å². The van der Waals surface area contributed by atoms with E-state index in [9.17, 15) is 9.59 Å². The van der Waals surface area contributed by atoms with Gasteiger partial charge in [-0.15, -0.1) is 0 Å². The van der Waals surface area contributed by atoms with E-state index >= 15 is 0 Å². The Bertz CT molecular complexity index is 679. The zero-order valence-electron chi connectivity index (χ0n) is 12.4. The molecule has 2 aromatic rings. The quantitative estimate of drug-likeness (QED) is 0.680. The molecule has 1 aromatic carbocycles. The van der Waals surface area contributed by atoms with Crippen LogP contribution < -0.4 is 0 Å². The minimum Gasteiger partial charge on any atom is -0.360 e. The number of benzene rings is 1. The average molecular weight is 284 g/mol. The highest BCUT2D eigenvalue weighted by Crippen LogP contribution is 2.25. The molecule has 1 aromatic heterocycles. The van der Waals surface area contributed by atoms with Gasteiger partial charge >= 0.3 is 0 Å². The molecule has 1 aliphatic heterocycles. The smallest absolute Gasteiger partial charge is 0.295 e. The normalized spacial score (nSPS) is 22.5. The van der Waals surface area contributed by atoms with Crippen molar-refractivity contribution in [3.05, 3.63) is 36.0 Å². The molecule has 1 aliphatic rings. The van der Waals surface area contributed by atoms with E-state index in [-0.39, 0.29) is 18.0 Å². The van der Waals surface area contributed by atoms with Crippen molar-refractivity contribution in [2.24, 2.45) is 0 Å². The fourth-order valence-corrected chi connectivity index (χ4v) is 3.31. The summed E-state index contributed by atoms with van der Waals surface area (Å²) in [5, 5.41) is 0.813. The summed E-state index contributed by atoms with van der Waals surface area (Å²) in [6.07, 6.45) is 4.70. The Morgan fingerprint density at radius 2 is 1.81 bits per heavy atom. The van der Waals surface area contributed by atoms with Gasteiger partial charge in [-0.2, -0.15) is 0 Å². The number of aromatic amines is 1. The fraction of sp³-hybridized carbons (Fsp3) is 0.412. The molecule has 0 saturated carbocycles. The van der Waals surface area contributed by atoms with Crippen molar-refractivity contribution in [1.29, 1.82) is 0 Å². The number of para-hydroxylation sites is 1. The van der Waals surface area contributed by atoms with E-state index in [0.717, 1.165) is 30.2 Å². The molecular formula is C17H20N2O2. The number of rotatable bonds is 2. The first-order chi connectivity index (χ1) is 10.1. The maximum Gasteiger partial charge on any atom is 0.295 e. The first-order valence-corrected chi connectivity index (χ1v) is 7.52. The van der Waals surface area contributed by atoms with Crippen LogP contribution >= 0.6 is 0 Å². The largest absolute Gasteiger partial charge is 0.360 e. The number of amides is 1. The molecule has 1 saturated heterocycles. The van der Waals surface area contributed by atoms with Crippen LogP contribution in [-0.4, -0.2) is 33.7 Å². The summed E-state index contributed by atoms with van der Waals surface area (Å²) in [6.45, 7) is 4.05. The molecule has 0 aliphatic carbocycles. The summed E-state index contributed by atoms with van der Waals surface area (Å²) < 4.78 is 0. The zero-order valence-corrected chi connectivity index (χ0v) is 12.4. The van der Waals surface area contributed by atoms with Crippen LogP contribution in [0.25, 0.3) is 10.9 Å². The van der Waals surface area contributed by atoms with Gasteiger partial charge < -0.3 is 9.88 Å². The van der Waals surface area contributed by atoms with E-state index in [4.69, 9.17) is 0 Å². The van der Waals surface area contributed by atoms with E-state index in [1.807, 2.05) is 38.1 Å². The van der Waals surface area contributed by atoms with Gasteiger partial charge in [0, 0.05) is 29.2 Å². The molecule has 21 heavy (non-hydrogen) atoms. The van der Waals surface area contributed by atoms with Crippen molar-refractivity contribution >= 4 is 22.6 Å². The van der Waals surface area contributed by atoms with Gasteiger partial charge in [0.2, 0.25) is 0 Å². The fourth-order valence-electron chi connectivity index (χ4n) is 3.31. The van der Waals surface area contributed by atoms with Crippen LogP contribution in [0.15, 0.2) is 30.5 Å². The number of hydrogen-bond acceptors (Lipinski definition) is 2. The van der Waals surface area contributed by atoms with Crippen molar-refractivity contribution in [2.75, 3.05) is 0 Å². The van der Waals surface area contributed by atoms with Gasteiger partial charge in [0.15, 0.2) is 0 Å². The molecule has 1 amide bonds. The number of Topliss-reactive ketones (excluding diaryl/α,β-unsaturated/α-hetero) is 1. The van der Waals surface area contributed by atoms with Crippen molar-refractivity contribution < 1.29 is 9.59 Å². The molecule has 0 spiro atoms. The predicted octanol–water partition coefficient (Wildman–Crippen LogP) is 3.14. The van der Waals surface area contributed by atoms with Gasteiger partial charge in [-0.25, -0.2) is 0 Å². The van der Waals surface area contributed by atoms with E-state index < -0.39 is 5.78 Å². The molecule has 4 nitrogen and oxygen atoms in total. The van der Waals surface area contributed by atoms with Crippen molar-refractivity contribution in [3.63, 3.8) is 0 Å². The molecule has 1 fully saturated rings. The summed E-state index contributed by atoms with van der Waals surface area (Å²) in [4.78, 5) is 30.0. The molecule has 0 bridgehead atoms. The number of likely N-dealkylation sites (tertiary alicyclic amines) is 1. The highest BCUT2D eigenvalue weighted by molar-refractivity contribution is 6.45. The molecule has 2 heterocycles. The van der Waals surface area contributed by atoms with Gasteiger partial charge in [-0.1, -0.05) is 18.2 Å². The minimum atomic E-state index is -0.409. The summed E-state index contributed by atoms with van der Waals surface area (Å²) in [5.41, 5.74) is 1.36. The number of carbonyl (C=O) groups excluding carboxylic acids is 2. The average Bonchev–Trinajstić information content (AvgIpc) is 2.90. The van der Waals surface area contributed by atoms with Gasteiger partial charge in [-0.05, 0) is 39.2 Å². The topological polar surface area (TPSA) is 53.2 Å². The van der Waals surface area contributed by atoms with Crippen LogP contribution in [0.5, 0.6) is 0 Å². The third-order valence-electron chi connectivity index (χ3n) is 4.46. The maximum atomic E-state index is 12.6. The number of carbonyl (C=O) groups is 2. The Kier molecular flexibility index (Phi) is 3.53. The Hall–Kier alpha value is -2.10. The molecule has 2 atom stereocenters. The van der Waals surface area contributed by atoms with Crippen LogP contribution in [0.4, 0.5) is 0 Å². The minimum absolute atomic E-state index is 0.135. The van der Waals surface area contributed by atoms with E-state index in [0.29, 0.717) is 5.56 Å². The van der Waals surface area contributed by atoms with Gasteiger partial charge in [-0.3, -0.25) is 9.59 Å². The summed E-state index contributed by atoms with van der Waals surface area (Å²) in [7, 11) is 0. The maximum absolute atomic E-state index is 12.6. The highest BCUT2D eigenvalue weighted by Gasteiger charge is 2.33. The van der Waals surface area contributed by atoms with Crippen LogP contribution in [0.1, 0.15) is 43.5 Å². The Balaban J connectivity index is 1.92. The molecule has 4 heteroatoms. The summed E-state index contributed by atoms with van der Waals surface area (Å²) >= 11 is 0. The molecule has 3 rings (SSSR count). The molecule has 0 radical (unpaired) electrons. The lowest BCUT2D eigenvalue weighted by molar-refractivity contribution is -0.132. The molecular weight excluding hydrogens is 264 g/mol. The van der Waals surface area contributed by atoms with E-state index in [1.54, 1.807) is 11.1 Å². The second kappa shape index (κ2) is 5.35. The monoisotopic (exact) mass is 284 g/mol. The Morgan fingerprint density at radius 3 is 2.52 bits per heavy atom. The number of nitrogens with one attached hydrogen (secondary N) is 1. The lowest BCUT2D eigenvalue weighted by Crippen LogP contribution is -2.50. The van der Waals surface area contributed by atoms with Gasteiger partial charge in [0.05, 0.1) is 5.56 Å². The Morgan fingerprint density at radius 1 is 1.14 bits per heavy atom. The first-order valence-electron chi connectivity index (χ1n) is 7.52. The number of H-pyrrole nitrogens is 1. The van der Waals surface area contributed by atoms with Crippen molar-refractivity contribution in [2.45, 2.75) is 45.2 Å². The number of aromatic nitrogens is 1. The number of piperidine rings is 1. The third kappa shape index (κ3) is 2.35. The lowest BCUT2D eigenvalue weighted by atomic mass is 9.96. The van der Waals surface area contributed by atoms with Gasteiger partial charge in [0.25, 0.3) is 11.7 Å². The number of nitrogens with zero attached hydrogens (tertiary/aromatic N) is 1. The molecule has 110 valence electrons. The van der Waals surface area contributed by atoms with Crippen molar-refractivity contribution in [1.82, 2.24) is 9.88 Å². The zero-order chi connectivity index (χ0) is 15.0. The van der Waals surface area contributed by atoms with Crippen LogP contribution in [-0.2, 0) is 4.79 Å². The van der Waals surface area contributed by atoms with E-state index in [1.165, 1.54) is 0 Å². The molecule has 1 N–H and O–H groups in total.